The van der Waals surface area contributed by atoms with Crippen molar-refractivity contribution in [2.24, 2.45) is 5.41 Å². The van der Waals surface area contributed by atoms with E-state index in [-0.39, 0.29) is 12.5 Å². The van der Waals surface area contributed by atoms with Crippen LogP contribution >= 0.6 is 22.6 Å². The maximum atomic E-state index is 12.0. The number of benzene rings is 1. The zero-order chi connectivity index (χ0) is 13.3. The van der Waals surface area contributed by atoms with Gasteiger partial charge in [-0.1, -0.05) is 11.6 Å². The molecule has 0 aliphatic heterocycles. The van der Waals surface area contributed by atoms with E-state index >= 15 is 0 Å². The Morgan fingerprint density at radius 2 is 2.11 bits per heavy atom. The molecule has 0 radical (unpaired) electrons. The van der Waals surface area contributed by atoms with Gasteiger partial charge in [-0.25, -0.2) is 0 Å². The first-order chi connectivity index (χ1) is 8.44. The molecule has 1 saturated carbocycles. The van der Waals surface area contributed by atoms with Crippen molar-refractivity contribution in [2.45, 2.75) is 19.8 Å². The quantitative estimate of drug-likeness (QED) is 0.810. The van der Waals surface area contributed by atoms with E-state index < -0.39 is 11.4 Å². The second-order valence-corrected chi connectivity index (χ2v) is 5.91. The maximum absolute atomic E-state index is 12.0. The lowest BCUT2D eigenvalue weighted by Gasteiger charge is -2.12. The third-order valence-electron chi connectivity index (χ3n) is 3.26. The maximum Gasteiger partial charge on any atom is 0.311 e. The Morgan fingerprint density at radius 3 is 2.67 bits per heavy atom. The van der Waals surface area contributed by atoms with Crippen LogP contribution in [0.1, 0.15) is 28.8 Å². The SMILES string of the molecule is Cc1ccc(I)c(C(=O)NCC2(C(=O)O)CC2)c1. The van der Waals surface area contributed by atoms with Crippen LogP contribution in [0.25, 0.3) is 0 Å². The van der Waals surface area contributed by atoms with E-state index in [1.165, 1.54) is 0 Å². The molecule has 1 aromatic rings. The van der Waals surface area contributed by atoms with Gasteiger partial charge in [-0.2, -0.15) is 0 Å². The number of aryl methyl sites for hydroxylation is 1. The van der Waals surface area contributed by atoms with Crippen LogP contribution < -0.4 is 5.32 Å². The van der Waals surface area contributed by atoms with Gasteiger partial charge in [0.25, 0.3) is 5.91 Å². The highest BCUT2D eigenvalue weighted by molar-refractivity contribution is 14.1. The molecule has 0 spiro atoms. The number of halogens is 1. The molecule has 1 aliphatic rings. The zero-order valence-electron chi connectivity index (χ0n) is 10.00. The van der Waals surface area contributed by atoms with Gasteiger partial charge >= 0.3 is 5.97 Å². The van der Waals surface area contributed by atoms with Crippen LogP contribution in [0.15, 0.2) is 18.2 Å². The lowest BCUT2D eigenvalue weighted by molar-refractivity contribution is -0.143. The zero-order valence-corrected chi connectivity index (χ0v) is 12.2. The van der Waals surface area contributed by atoms with E-state index in [1.807, 2.05) is 25.1 Å². The Balaban J connectivity index is 2.04. The van der Waals surface area contributed by atoms with Gasteiger partial charge in [0.1, 0.15) is 0 Å². The summed E-state index contributed by atoms with van der Waals surface area (Å²) < 4.78 is 0.871. The fraction of sp³-hybridized carbons (Fsp3) is 0.385. The fourth-order valence-corrected chi connectivity index (χ4v) is 2.36. The lowest BCUT2D eigenvalue weighted by atomic mass is 10.1. The molecule has 0 atom stereocenters. The first-order valence-corrected chi connectivity index (χ1v) is 6.80. The van der Waals surface area contributed by atoms with E-state index in [0.717, 1.165) is 9.13 Å². The number of carbonyl (C=O) groups excluding carboxylic acids is 1. The van der Waals surface area contributed by atoms with E-state index in [4.69, 9.17) is 5.11 Å². The summed E-state index contributed by atoms with van der Waals surface area (Å²) in [5, 5.41) is 11.8. The molecule has 0 saturated heterocycles. The summed E-state index contributed by atoms with van der Waals surface area (Å²) >= 11 is 2.10. The highest BCUT2D eigenvalue weighted by atomic mass is 127. The van der Waals surface area contributed by atoms with Crippen LogP contribution in [0.3, 0.4) is 0 Å². The molecule has 0 bridgehead atoms. The van der Waals surface area contributed by atoms with Crippen molar-refractivity contribution in [3.8, 4) is 0 Å². The van der Waals surface area contributed by atoms with Gasteiger partial charge in [-0.15, -0.1) is 0 Å². The van der Waals surface area contributed by atoms with Crippen molar-refractivity contribution in [3.63, 3.8) is 0 Å². The minimum atomic E-state index is -0.818. The van der Waals surface area contributed by atoms with Crippen LogP contribution in [0.4, 0.5) is 0 Å². The van der Waals surface area contributed by atoms with Gasteiger partial charge in [0.15, 0.2) is 0 Å². The van der Waals surface area contributed by atoms with Crippen LogP contribution in [0.2, 0.25) is 0 Å². The molecule has 96 valence electrons. The highest BCUT2D eigenvalue weighted by Gasteiger charge is 2.50. The molecule has 0 aromatic heterocycles. The van der Waals surface area contributed by atoms with Crippen LogP contribution in [0, 0.1) is 15.9 Å². The van der Waals surface area contributed by atoms with Crippen molar-refractivity contribution < 1.29 is 14.7 Å². The Labute approximate surface area is 119 Å². The highest BCUT2D eigenvalue weighted by Crippen LogP contribution is 2.45. The molecule has 0 heterocycles. The summed E-state index contributed by atoms with van der Waals surface area (Å²) in [6.07, 6.45) is 1.29. The van der Waals surface area contributed by atoms with Crippen LogP contribution in [-0.4, -0.2) is 23.5 Å². The number of rotatable bonds is 4. The van der Waals surface area contributed by atoms with Crippen molar-refractivity contribution in [2.75, 3.05) is 6.54 Å². The summed E-state index contributed by atoms with van der Waals surface area (Å²) in [5.41, 5.74) is 0.905. The van der Waals surface area contributed by atoms with Crippen molar-refractivity contribution in [1.29, 1.82) is 0 Å². The third kappa shape index (κ3) is 2.66. The average Bonchev–Trinajstić information content (AvgIpc) is 3.10. The van der Waals surface area contributed by atoms with Crippen molar-refractivity contribution in [3.05, 3.63) is 32.9 Å². The van der Waals surface area contributed by atoms with Crippen molar-refractivity contribution in [1.82, 2.24) is 5.32 Å². The molecule has 18 heavy (non-hydrogen) atoms. The lowest BCUT2D eigenvalue weighted by Crippen LogP contribution is -2.34. The predicted octanol–water partition coefficient (Wildman–Crippen LogP) is 2.19. The Hall–Kier alpha value is -1.11. The molecule has 1 aliphatic carbocycles. The standard InChI is InChI=1S/C13H14INO3/c1-8-2-3-10(14)9(6-8)11(16)15-7-13(4-5-13)12(17)18/h2-3,6H,4-5,7H2,1H3,(H,15,16)(H,17,18). The number of carbonyl (C=O) groups is 2. The van der Waals surface area contributed by atoms with E-state index in [1.54, 1.807) is 0 Å². The number of hydrogen-bond donors (Lipinski definition) is 2. The minimum Gasteiger partial charge on any atom is -0.481 e. The number of hydrogen-bond acceptors (Lipinski definition) is 2. The van der Waals surface area contributed by atoms with Gasteiger partial charge in [0.05, 0.1) is 11.0 Å². The summed E-state index contributed by atoms with van der Waals surface area (Å²) in [4.78, 5) is 23.0. The molecule has 0 unspecified atom stereocenters. The number of nitrogens with one attached hydrogen (secondary N) is 1. The van der Waals surface area contributed by atoms with Crippen molar-refractivity contribution >= 4 is 34.5 Å². The molecule has 4 nitrogen and oxygen atoms in total. The molecule has 5 heteroatoms. The van der Waals surface area contributed by atoms with Gasteiger partial charge in [0.2, 0.25) is 0 Å². The fourth-order valence-electron chi connectivity index (χ4n) is 1.77. The Morgan fingerprint density at radius 1 is 1.44 bits per heavy atom. The molecular weight excluding hydrogens is 345 g/mol. The smallest absolute Gasteiger partial charge is 0.311 e. The van der Waals surface area contributed by atoms with Gasteiger partial charge in [-0.05, 0) is 54.5 Å². The van der Waals surface area contributed by atoms with E-state index in [0.29, 0.717) is 18.4 Å². The number of carboxylic acids is 1. The van der Waals surface area contributed by atoms with Gasteiger partial charge in [0, 0.05) is 10.1 Å². The number of carboxylic acid groups (broad SMARTS) is 1. The molecule has 2 rings (SSSR count). The normalized spacial score (nSPS) is 16.1. The third-order valence-corrected chi connectivity index (χ3v) is 4.20. The monoisotopic (exact) mass is 359 g/mol. The first kappa shape index (κ1) is 13.3. The minimum absolute atomic E-state index is 0.198. The van der Waals surface area contributed by atoms with Gasteiger partial charge in [-0.3, -0.25) is 9.59 Å². The van der Waals surface area contributed by atoms with Crippen LogP contribution in [0.5, 0.6) is 0 Å². The summed E-state index contributed by atoms with van der Waals surface area (Å²) in [6.45, 7) is 2.14. The number of amides is 1. The van der Waals surface area contributed by atoms with E-state index in [9.17, 15) is 9.59 Å². The molecular formula is C13H14INO3. The topological polar surface area (TPSA) is 66.4 Å². The van der Waals surface area contributed by atoms with Gasteiger partial charge < -0.3 is 10.4 Å². The largest absolute Gasteiger partial charge is 0.481 e. The second kappa shape index (κ2) is 4.87. The molecule has 1 fully saturated rings. The second-order valence-electron chi connectivity index (χ2n) is 4.75. The average molecular weight is 359 g/mol. The number of aliphatic carboxylic acids is 1. The predicted molar refractivity (Wildman–Crippen MR) is 75.5 cm³/mol. The van der Waals surface area contributed by atoms with Crippen LogP contribution in [-0.2, 0) is 4.79 Å². The summed E-state index contributed by atoms with van der Waals surface area (Å²) in [7, 11) is 0. The Kier molecular flexibility index (Phi) is 3.61. The first-order valence-electron chi connectivity index (χ1n) is 5.72. The summed E-state index contributed by atoms with van der Waals surface area (Å²) in [6, 6.07) is 5.64. The Bertz CT molecular complexity index is 509. The molecule has 1 aromatic carbocycles. The molecule has 1 amide bonds. The van der Waals surface area contributed by atoms with E-state index in [2.05, 4.69) is 27.9 Å². The molecule has 2 N–H and O–H groups in total. The summed E-state index contributed by atoms with van der Waals surface area (Å²) in [5.74, 6) is -1.02.